The summed E-state index contributed by atoms with van der Waals surface area (Å²) in [4.78, 5) is 13.9. The summed E-state index contributed by atoms with van der Waals surface area (Å²) in [7, 11) is 0. The predicted octanol–water partition coefficient (Wildman–Crippen LogP) is 3.57. The zero-order chi connectivity index (χ0) is 16.4. The van der Waals surface area contributed by atoms with E-state index in [1.54, 1.807) is 17.0 Å². The normalized spacial score (nSPS) is 15.7. The van der Waals surface area contributed by atoms with Crippen LogP contribution in [0.2, 0.25) is 0 Å². The Morgan fingerprint density at radius 1 is 1.39 bits per heavy atom. The van der Waals surface area contributed by atoms with Gasteiger partial charge in [0.15, 0.2) is 0 Å². The number of carbonyl (C=O) groups excluding carboxylic acids is 1. The van der Waals surface area contributed by atoms with Gasteiger partial charge in [0.05, 0.1) is 11.4 Å². The average molecular weight is 383 g/mol. The molecule has 0 radical (unpaired) electrons. The van der Waals surface area contributed by atoms with Gasteiger partial charge >= 0.3 is 6.03 Å². The molecule has 0 bridgehead atoms. The lowest BCUT2D eigenvalue weighted by atomic mass is 9.94. The molecule has 122 valence electrons. The number of piperidine rings is 1. The van der Waals surface area contributed by atoms with Gasteiger partial charge in [-0.15, -0.1) is 0 Å². The predicted molar refractivity (Wildman–Crippen MR) is 87.6 cm³/mol. The molecule has 1 saturated heterocycles. The smallest absolute Gasteiger partial charge is 0.321 e. The summed E-state index contributed by atoms with van der Waals surface area (Å²) >= 11 is 3.18. The number of hydrogen-bond acceptors (Lipinski definition) is 4. The number of anilines is 2. The van der Waals surface area contributed by atoms with Gasteiger partial charge < -0.3 is 20.5 Å². The van der Waals surface area contributed by atoms with E-state index in [-0.39, 0.29) is 17.6 Å². The topological polar surface area (TPSA) is 84.4 Å². The van der Waals surface area contributed by atoms with Crippen LogP contribution < -0.4 is 11.1 Å². The van der Waals surface area contributed by atoms with Crippen LogP contribution in [0.1, 0.15) is 24.5 Å². The number of nitrogen functional groups attached to an aromatic ring is 1. The third kappa shape index (κ3) is 3.64. The molecular formula is C15H16BrFN4O2. The van der Waals surface area contributed by atoms with E-state index in [0.29, 0.717) is 23.4 Å². The second-order valence-corrected chi connectivity index (χ2v) is 6.39. The first-order valence-corrected chi connectivity index (χ1v) is 8.05. The lowest BCUT2D eigenvalue weighted by Crippen LogP contribution is -2.40. The van der Waals surface area contributed by atoms with Crippen LogP contribution in [-0.2, 0) is 0 Å². The van der Waals surface area contributed by atoms with Crippen LogP contribution in [0.15, 0.2) is 33.3 Å². The second kappa shape index (κ2) is 6.57. The Labute approximate surface area is 140 Å². The van der Waals surface area contributed by atoms with Gasteiger partial charge in [0, 0.05) is 29.5 Å². The van der Waals surface area contributed by atoms with Gasteiger partial charge in [-0.2, -0.15) is 0 Å². The highest BCUT2D eigenvalue weighted by Gasteiger charge is 2.26. The number of aromatic nitrogens is 1. The molecule has 3 rings (SSSR count). The molecule has 0 unspecified atom stereocenters. The number of hydrogen-bond donors (Lipinski definition) is 2. The molecule has 1 aliphatic rings. The zero-order valence-electron chi connectivity index (χ0n) is 12.3. The van der Waals surface area contributed by atoms with Crippen molar-refractivity contribution in [3.8, 4) is 0 Å². The highest BCUT2D eigenvalue weighted by Crippen LogP contribution is 2.28. The number of nitrogens with two attached hydrogens (primary N) is 1. The minimum atomic E-state index is -0.472. The van der Waals surface area contributed by atoms with E-state index in [2.05, 4.69) is 26.4 Å². The van der Waals surface area contributed by atoms with Crippen LogP contribution in [0.3, 0.4) is 0 Å². The molecule has 1 fully saturated rings. The summed E-state index contributed by atoms with van der Waals surface area (Å²) in [5, 5.41) is 6.53. The number of nitrogens with one attached hydrogen (secondary N) is 1. The SMILES string of the molecule is Nc1cc(C2CCN(C(=O)Nc3ccc(Br)cc3F)CC2)no1. The first-order chi connectivity index (χ1) is 11.0. The fraction of sp³-hybridized carbons (Fsp3) is 0.333. The molecule has 1 aromatic carbocycles. The summed E-state index contributed by atoms with van der Waals surface area (Å²) in [5.74, 6) is 0.0519. The van der Waals surface area contributed by atoms with Crippen LogP contribution in [0.4, 0.5) is 20.8 Å². The Balaban J connectivity index is 1.58. The number of carbonyl (C=O) groups is 1. The molecule has 2 heterocycles. The molecule has 0 aliphatic carbocycles. The van der Waals surface area contributed by atoms with Crippen LogP contribution in [0.25, 0.3) is 0 Å². The summed E-state index contributed by atoms with van der Waals surface area (Å²) < 4.78 is 19.3. The van der Waals surface area contributed by atoms with Gasteiger partial charge in [0.1, 0.15) is 5.82 Å². The van der Waals surface area contributed by atoms with Crippen molar-refractivity contribution >= 4 is 33.5 Å². The van der Waals surface area contributed by atoms with Crippen LogP contribution >= 0.6 is 15.9 Å². The number of nitrogens with zero attached hydrogens (tertiary/aromatic N) is 2. The van der Waals surface area contributed by atoms with E-state index < -0.39 is 5.82 Å². The van der Waals surface area contributed by atoms with Gasteiger partial charge in [-0.05, 0) is 31.0 Å². The van der Waals surface area contributed by atoms with Crippen molar-refractivity contribution in [2.45, 2.75) is 18.8 Å². The molecule has 0 saturated carbocycles. The fourth-order valence-electron chi connectivity index (χ4n) is 2.66. The Morgan fingerprint density at radius 2 is 2.13 bits per heavy atom. The van der Waals surface area contributed by atoms with Gasteiger partial charge in [0.25, 0.3) is 0 Å². The zero-order valence-corrected chi connectivity index (χ0v) is 13.8. The van der Waals surface area contributed by atoms with Crippen molar-refractivity contribution in [1.29, 1.82) is 0 Å². The number of urea groups is 1. The van der Waals surface area contributed by atoms with Crippen molar-refractivity contribution in [2.75, 3.05) is 24.1 Å². The van der Waals surface area contributed by atoms with Crippen molar-refractivity contribution in [3.05, 3.63) is 40.2 Å². The van der Waals surface area contributed by atoms with Crippen molar-refractivity contribution in [1.82, 2.24) is 10.1 Å². The number of halogens is 2. The molecule has 6 nitrogen and oxygen atoms in total. The third-order valence-electron chi connectivity index (χ3n) is 3.92. The summed E-state index contributed by atoms with van der Waals surface area (Å²) in [6, 6.07) is 5.95. The van der Waals surface area contributed by atoms with Gasteiger partial charge in [-0.25, -0.2) is 9.18 Å². The second-order valence-electron chi connectivity index (χ2n) is 5.47. The summed E-state index contributed by atoms with van der Waals surface area (Å²) in [5.41, 5.74) is 6.52. The highest BCUT2D eigenvalue weighted by molar-refractivity contribution is 9.10. The number of benzene rings is 1. The highest BCUT2D eigenvalue weighted by atomic mass is 79.9. The Morgan fingerprint density at radius 3 is 2.74 bits per heavy atom. The standard InChI is InChI=1S/C15H16BrFN4O2/c16-10-1-2-12(11(17)7-10)19-15(22)21-5-3-9(4-6-21)13-8-14(18)23-20-13/h1-2,7-9H,3-6,18H2,(H,19,22). The molecule has 0 atom stereocenters. The third-order valence-corrected chi connectivity index (χ3v) is 4.41. The number of rotatable bonds is 2. The minimum absolute atomic E-state index is 0.171. The molecule has 8 heteroatoms. The lowest BCUT2D eigenvalue weighted by molar-refractivity contribution is 0.193. The first kappa shape index (κ1) is 15.8. The van der Waals surface area contributed by atoms with E-state index in [1.165, 1.54) is 12.1 Å². The molecule has 23 heavy (non-hydrogen) atoms. The molecule has 1 aliphatic heterocycles. The van der Waals surface area contributed by atoms with Gasteiger partial charge in [0.2, 0.25) is 5.88 Å². The lowest BCUT2D eigenvalue weighted by Gasteiger charge is -2.31. The molecule has 0 spiro atoms. The molecule has 2 amide bonds. The Bertz CT molecular complexity index is 713. The maximum Gasteiger partial charge on any atom is 0.321 e. The number of amides is 2. The van der Waals surface area contributed by atoms with Crippen LogP contribution in [0, 0.1) is 5.82 Å². The maximum atomic E-state index is 13.8. The quantitative estimate of drug-likeness (QED) is 0.831. The molecule has 2 aromatic rings. The van der Waals surface area contributed by atoms with E-state index in [1.807, 2.05) is 0 Å². The monoisotopic (exact) mass is 382 g/mol. The molecule has 1 aromatic heterocycles. The van der Waals surface area contributed by atoms with E-state index in [4.69, 9.17) is 10.3 Å². The van der Waals surface area contributed by atoms with Crippen LogP contribution in [0.5, 0.6) is 0 Å². The van der Waals surface area contributed by atoms with E-state index >= 15 is 0 Å². The first-order valence-electron chi connectivity index (χ1n) is 7.26. The van der Waals surface area contributed by atoms with Crippen molar-refractivity contribution in [2.24, 2.45) is 0 Å². The summed E-state index contributed by atoms with van der Waals surface area (Å²) in [6.07, 6.45) is 1.53. The molecular weight excluding hydrogens is 367 g/mol. The minimum Gasteiger partial charge on any atom is -0.368 e. The number of likely N-dealkylation sites (tertiary alicyclic amines) is 1. The van der Waals surface area contributed by atoms with Gasteiger partial charge in [-0.3, -0.25) is 0 Å². The van der Waals surface area contributed by atoms with E-state index in [0.717, 1.165) is 18.5 Å². The summed E-state index contributed by atoms with van der Waals surface area (Å²) in [6.45, 7) is 1.14. The largest absolute Gasteiger partial charge is 0.368 e. The van der Waals surface area contributed by atoms with Crippen molar-refractivity contribution < 1.29 is 13.7 Å². The Kier molecular flexibility index (Phi) is 4.51. The van der Waals surface area contributed by atoms with Crippen molar-refractivity contribution in [3.63, 3.8) is 0 Å². The van der Waals surface area contributed by atoms with Crippen LogP contribution in [-0.4, -0.2) is 29.2 Å². The fourth-order valence-corrected chi connectivity index (χ4v) is 2.99. The molecule has 3 N–H and O–H groups in total. The average Bonchev–Trinajstić information content (AvgIpc) is 2.97. The maximum absolute atomic E-state index is 13.8. The van der Waals surface area contributed by atoms with E-state index in [9.17, 15) is 9.18 Å². The Hall–Kier alpha value is -2.09. The van der Waals surface area contributed by atoms with Gasteiger partial charge in [-0.1, -0.05) is 21.1 Å².